The minimum absolute atomic E-state index is 0.150. The van der Waals surface area contributed by atoms with Crippen molar-refractivity contribution in [3.63, 3.8) is 0 Å². The first-order valence-corrected chi connectivity index (χ1v) is 8.52. The average Bonchev–Trinajstić information content (AvgIpc) is 2.63. The van der Waals surface area contributed by atoms with Crippen molar-refractivity contribution in [3.8, 4) is 0 Å². The van der Waals surface area contributed by atoms with Crippen LogP contribution in [0.4, 0.5) is 0 Å². The maximum Gasteiger partial charge on any atom is 0.309 e. The second kappa shape index (κ2) is 5.57. The molecule has 0 aromatic heterocycles. The molecule has 1 aliphatic heterocycles. The summed E-state index contributed by atoms with van der Waals surface area (Å²) in [4.78, 5) is 12.1. The lowest BCUT2D eigenvalue weighted by molar-refractivity contribution is -0.139. The van der Waals surface area contributed by atoms with E-state index in [9.17, 15) is 13.2 Å². The molecular weight excluding hydrogens is 300 g/mol. The molecule has 0 atom stereocenters. The molecule has 22 heavy (non-hydrogen) atoms. The fraction of sp³-hybridized carbons (Fsp3) is 0.235. The molecule has 0 aliphatic carbocycles. The van der Waals surface area contributed by atoms with Gasteiger partial charge in [-0.2, -0.15) is 0 Å². The van der Waals surface area contributed by atoms with Gasteiger partial charge < -0.3 is 4.74 Å². The lowest BCUT2D eigenvalue weighted by Crippen LogP contribution is -2.07. The summed E-state index contributed by atoms with van der Waals surface area (Å²) in [7, 11) is -2.16. The van der Waals surface area contributed by atoms with Crippen molar-refractivity contribution < 1.29 is 17.9 Å². The number of esters is 1. The quantitative estimate of drug-likeness (QED) is 0.798. The van der Waals surface area contributed by atoms with E-state index in [1.54, 1.807) is 30.3 Å². The molecule has 0 N–H and O–H groups in total. The van der Waals surface area contributed by atoms with Gasteiger partial charge in [0.25, 0.3) is 0 Å². The van der Waals surface area contributed by atoms with Crippen LogP contribution in [-0.2, 0) is 38.6 Å². The van der Waals surface area contributed by atoms with E-state index in [2.05, 4.69) is 4.74 Å². The first-order valence-electron chi connectivity index (χ1n) is 7.04. The summed E-state index contributed by atoms with van der Waals surface area (Å²) in [6.45, 7) is 0. The molecule has 5 heteroatoms. The van der Waals surface area contributed by atoms with Gasteiger partial charge in [0.2, 0.25) is 9.84 Å². The van der Waals surface area contributed by atoms with Crippen molar-refractivity contribution in [2.75, 3.05) is 7.11 Å². The van der Waals surface area contributed by atoms with E-state index in [4.69, 9.17) is 0 Å². The van der Waals surface area contributed by atoms with Crippen LogP contribution in [0.25, 0.3) is 0 Å². The van der Waals surface area contributed by atoms with Gasteiger partial charge in [-0.3, -0.25) is 4.79 Å². The SMILES string of the molecule is COC(=O)Cc1ccc2c(c1)CCc1ccccc1S2(=O)=O. The zero-order valence-corrected chi connectivity index (χ0v) is 13.0. The number of carbonyl (C=O) groups is 1. The standard InChI is InChI=1S/C17H16O4S/c1-21-17(18)11-12-6-9-16-14(10-12)8-7-13-4-2-3-5-15(13)22(16,19)20/h2-6,9-10H,7-8,11H2,1H3. The average molecular weight is 316 g/mol. The van der Waals surface area contributed by atoms with Gasteiger partial charge >= 0.3 is 5.97 Å². The molecule has 2 aromatic carbocycles. The zero-order valence-electron chi connectivity index (χ0n) is 12.2. The van der Waals surface area contributed by atoms with E-state index in [1.807, 2.05) is 12.1 Å². The van der Waals surface area contributed by atoms with Crippen molar-refractivity contribution >= 4 is 15.8 Å². The number of carbonyl (C=O) groups excluding carboxylic acids is 1. The third-order valence-electron chi connectivity index (χ3n) is 3.92. The summed E-state index contributed by atoms with van der Waals surface area (Å²) >= 11 is 0. The molecule has 4 nitrogen and oxygen atoms in total. The highest BCUT2D eigenvalue weighted by atomic mass is 32.2. The van der Waals surface area contributed by atoms with Crippen LogP contribution in [0, 0.1) is 0 Å². The first kappa shape index (κ1) is 14.8. The van der Waals surface area contributed by atoms with Gasteiger partial charge in [-0.1, -0.05) is 30.3 Å². The van der Waals surface area contributed by atoms with Crippen molar-refractivity contribution in [1.82, 2.24) is 0 Å². The number of benzene rings is 2. The number of methoxy groups -OCH3 is 1. The Balaban J connectivity index is 2.09. The summed E-state index contributed by atoms with van der Waals surface area (Å²) in [5.41, 5.74) is 2.37. The van der Waals surface area contributed by atoms with Crippen LogP contribution in [0.5, 0.6) is 0 Å². The molecule has 0 spiro atoms. The Kier molecular flexibility index (Phi) is 3.74. The van der Waals surface area contributed by atoms with Crippen molar-refractivity contribution in [2.45, 2.75) is 29.1 Å². The number of ether oxygens (including phenoxy) is 1. The van der Waals surface area contributed by atoms with Crippen molar-refractivity contribution in [3.05, 3.63) is 59.2 Å². The molecule has 1 heterocycles. The van der Waals surface area contributed by atoms with E-state index in [1.165, 1.54) is 7.11 Å². The summed E-state index contributed by atoms with van der Waals surface area (Å²) in [5, 5.41) is 0. The molecule has 2 aromatic rings. The summed E-state index contributed by atoms with van der Waals surface area (Å²) in [5.74, 6) is -0.334. The van der Waals surface area contributed by atoms with Gasteiger partial charge in [0.05, 0.1) is 23.3 Å². The monoisotopic (exact) mass is 316 g/mol. The highest BCUT2D eigenvalue weighted by Gasteiger charge is 2.27. The normalized spacial score (nSPS) is 15.3. The Morgan fingerprint density at radius 3 is 2.50 bits per heavy atom. The van der Waals surface area contributed by atoms with Crippen LogP contribution in [-0.4, -0.2) is 21.5 Å². The summed E-state index contributed by atoms with van der Waals surface area (Å²) in [6, 6.07) is 12.2. The van der Waals surface area contributed by atoms with Crippen LogP contribution in [0.2, 0.25) is 0 Å². The number of hydrogen-bond donors (Lipinski definition) is 0. The van der Waals surface area contributed by atoms with E-state index < -0.39 is 9.84 Å². The Morgan fingerprint density at radius 1 is 1.05 bits per heavy atom. The molecule has 0 bridgehead atoms. The van der Waals surface area contributed by atoms with Crippen molar-refractivity contribution in [2.24, 2.45) is 0 Å². The highest BCUT2D eigenvalue weighted by molar-refractivity contribution is 7.91. The zero-order chi connectivity index (χ0) is 15.7. The Bertz CT molecular complexity index is 837. The summed E-state index contributed by atoms with van der Waals surface area (Å²) < 4.78 is 30.3. The number of fused-ring (bicyclic) bond motifs is 2. The molecule has 0 saturated heterocycles. The third-order valence-corrected chi connectivity index (χ3v) is 5.87. The number of hydrogen-bond acceptors (Lipinski definition) is 4. The molecular formula is C17H16O4S. The Morgan fingerprint density at radius 2 is 1.73 bits per heavy atom. The van der Waals surface area contributed by atoms with Gasteiger partial charge in [-0.25, -0.2) is 8.42 Å². The molecule has 0 saturated carbocycles. The fourth-order valence-corrected chi connectivity index (χ4v) is 4.56. The smallest absolute Gasteiger partial charge is 0.309 e. The minimum Gasteiger partial charge on any atom is -0.469 e. The third kappa shape index (κ3) is 2.52. The van der Waals surface area contributed by atoms with Crippen LogP contribution in [0.1, 0.15) is 16.7 Å². The molecule has 0 fully saturated rings. The molecule has 114 valence electrons. The van der Waals surface area contributed by atoms with E-state index >= 15 is 0 Å². The molecule has 1 aliphatic rings. The van der Waals surface area contributed by atoms with Crippen LogP contribution in [0.3, 0.4) is 0 Å². The lowest BCUT2D eigenvalue weighted by atomic mass is 10.0. The Labute approximate surface area is 129 Å². The lowest BCUT2D eigenvalue weighted by Gasteiger charge is -2.09. The second-order valence-electron chi connectivity index (χ2n) is 5.31. The number of aryl methyl sites for hydroxylation is 2. The number of rotatable bonds is 2. The van der Waals surface area contributed by atoms with Crippen LogP contribution >= 0.6 is 0 Å². The molecule has 0 unspecified atom stereocenters. The van der Waals surface area contributed by atoms with Gasteiger partial charge in [0.15, 0.2) is 0 Å². The van der Waals surface area contributed by atoms with Gasteiger partial charge in [0.1, 0.15) is 0 Å². The van der Waals surface area contributed by atoms with Crippen molar-refractivity contribution in [1.29, 1.82) is 0 Å². The van der Waals surface area contributed by atoms with Gasteiger partial charge in [0, 0.05) is 0 Å². The largest absolute Gasteiger partial charge is 0.469 e. The van der Waals surface area contributed by atoms with Gasteiger partial charge in [-0.15, -0.1) is 0 Å². The number of sulfone groups is 1. The van der Waals surface area contributed by atoms with E-state index in [-0.39, 0.29) is 12.4 Å². The van der Waals surface area contributed by atoms with E-state index in [0.717, 1.165) is 16.7 Å². The molecule has 3 rings (SSSR count). The maximum absolute atomic E-state index is 12.8. The van der Waals surface area contributed by atoms with E-state index in [0.29, 0.717) is 22.6 Å². The van der Waals surface area contributed by atoms with Crippen LogP contribution < -0.4 is 0 Å². The maximum atomic E-state index is 12.8. The minimum atomic E-state index is -3.50. The summed E-state index contributed by atoms with van der Waals surface area (Å²) in [6.07, 6.45) is 1.46. The molecule has 0 radical (unpaired) electrons. The second-order valence-corrected chi connectivity index (χ2v) is 7.19. The topological polar surface area (TPSA) is 60.4 Å². The predicted octanol–water partition coefficient (Wildman–Crippen LogP) is 2.33. The first-order chi connectivity index (χ1) is 10.5. The van der Waals surface area contributed by atoms with Crippen LogP contribution in [0.15, 0.2) is 52.3 Å². The van der Waals surface area contributed by atoms with Gasteiger partial charge in [-0.05, 0) is 41.7 Å². The highest BCUT2D eigenvalue weighted by Crippen LogP contribution is 2.32. The Hall–Kier alpha value is -2.14. The fourth-order valence-electron chi connectivity index (χ4n) is 2.80. The predicted molar refractivity (Wildman–Crippen MR) is 81.5 cm³/mol. The molecule has 0 amide bonds.